The van der Waals surface area contributed by atoms with E-state index in [0.29, 0.717) is 0 Å². The third-order valence-corrected chi connectivity index (χ3v) is 3.60. The van der Waals surface area contributed by atoms with Crippen molar-refractivity contribution in [1.29, 1.82) is 0 Å². The highest BCUT2D eigenvalue weighted by Crippen LogP contribution is 2.26. The molecule has 0 spiro atoms. The number of imidazole rings is 1. The van der Waals surface area contributed by atoms with Crippen LogP contribution in [0.3, 0.4) is 0 Å². The van der Waals surface area contributed by atoms with Crippen molar-refractivity contribution in [3.8, 4) is 11.6 Å². The molecule has 0 saturated heterocycles. The van der Waals surface area contributed by atoms with Crippen molar-refractivity contribution in [2.75, 3.05) is 0 Å². The molecule has 0 unspecified atom stereocenters. The van der Waals surface area contributed by atoms with Gasteiger partial charge in [0.1, 0.15) is 5.76 Å². The molecule has 2 aromatic heterocycles. The Morgan fingerprint density at radius 1 is 1.10 bits per heavy atom. The Balaban J connectivity index is 2.07. The third-order valence-electron chi connectivity index (χ3n) is 3.60. The number of nitrogens with zero attached hydrogens (tertiary/aromatic N) is 2. The van der Waals surface area contributed by atoms with Gasteiger partial charge < -0.3 is 8.98 Å². The lowest BCUT2D eigenvalue weighted by molar-refractivity contribution is 0.535. The zero-order valence-corrected chi connectivity index (χ0v) is 12.1. The number of furan rings is 1. The predicted octanol–water partition coefficient (Wildman–Crippen LogP) is 4.79. The van der Waals surface area contributed by atoms with E-state index in [1.165, 1.54) is 24.8 Å². The lowest BCUT2D eigenvalue weighted by Gasteiger charge is -2.07. The minimum atomic E-state index is 0.857. The molecule has 0 fully saturated rings. The number of aryl methyl sites for hydroxylation is 2. The van der Waals surface area contributed by atoms with Gasteiger partial charge in [-0.1, -0.05) is 31.9 Å². The summed E-state index contributed by atoms with van der Waals surface area (Å²) in [6, 6.07) is 12.3. The zero-order valence-electron chi connectivity index (χ0n) is 12.1. The Hall–Kier alpha value is -2.03. The number of hydrogen-bond donors (Lipinski definition) is 0. The Kier molecular flexibility index (Phi) is 3.59. The van der Waals surface area contributed by atoms with Gasteiger partial charge in [-0.15, -0.1) is 0 Å². The summed E-state index contributed by atoms with van der Waals surface area (Å²) in [6.07, 6.45) is 3.63. The molecule has 0 bridgehead atoms. The zero-order chi connectivity index (χ0) is 13.9. The van der Waals surface area contributed by atoms with Crippen LogP contribution in [0.5, 0.6) is 0 Å². The van der Waals surface area contributed by atoms with Crippen molar-refractivity contribution < 1.29 is 4.42 Å². The summed E-state index contributed by atoms with van der Waals surface area (Å²) in [5, 5.41) is 0. The van der Waals surface area contributed by atoms with Crippen LogP contribution in [0.25, 0.3) is 22.6 Å². The monoisotopic (exact) mass is 268 g/mol. The van der Waals surface area contributed by atoms with Crippen molar-refractivity contribution in [1.82, 2.24) is 9.55 Å². The number of unbranched alkanes of at least 4 members (excludes halogenated alkanes) is 2. The molecule has 20 heavy (non-hydrogen) atoms. The first-order valence-electron chi connectivity index (χ1n) is 7.31. The van der Waals surface area contributed by atoms with E-state index in [9.17, 15) is 0 Å². The van der Waals surface area contributed by atoms with E-state index in [-0.39, 0.29) is 0 Å². The first-order valence-corrected chi connectivity index (χ1v) is 7.31. The van der Waals surface area contributed by atoms with Crippen LogP contribution in [0.4, 0.5) is 0 Å². The molecule has 0 atom stereocenters. The second kappa shape index (κ2) is 5.53. The molecule has 2 heterocycles. The summed E-state index contributed by atoms with van der Waals surface area (Å²) >= 11 is 0. The predicted molar refractivity (Wildman–Crippen MR) is 81.7 cm³/mol. The highest BCUT2D eigenvalue weighted by molar-refractivity contribution is 5.79. The highest BCUT2D eigenvalue weighted by atomic mass is 16.3. The van der Waals surface area contributed by atoms with Crippen LogP contribution in [0.15, 0.2) is 40.8 Å². The van der Waals surface area contributed by atoms with Gasteiger partial charge in [-0.05, 0) is 37.6 Å². The number of fused-ring (bicyclic) bond motifs is 1. The molecule has 0 radical (unpaired) electrons. The first-order chi connectivity index (χ1) is 9.79. The van der Waals surface area contributed by atoms with Gasteiger partial charge in [0, 0.05) is 6.54 Å². The molecular weight excluding hydrogens is 248 g/mol. The van der Waals surface area contributed by atoms with Crippen LogP contribution in [-0.4, -0.2) is 9.55 Å². The van der Waals surface area contributed by atoms with Crippen molar-refractivity contribution in [2.45, 2.75) is 39.7 Å². The topological polar surface area (TPSA) is 31.0 Å². The fourth-order valence-electron chi connectivity index (χ4n) is 2.56. The van der Waals surface area contributed by atoms with Gasteiger partial charge in [0.15, 0.2) is 11.6 Å². The van der Waals surface area contributed by atoms with Gasteiger partial charge in [0.2, 0.25) is 0 Å². The molecule has 0 aliphatic heterocycles. The van der Waals surface area contributed by atoms with E-state index in [1.807, 2.05) is 25.1 Å². The number of hydrogen-bond acceptors (Lipinski definition) is 2. The molecule has 104 valence electrons. The largest absolute Gasteiger partial charge is 0.458 e. The van der Waals surface area contributed by atoms with Gasteiger partial charge in [-0.3, -0.25) is 0 Å². The Labute approximate surface area is 119 Å². The summed E-state index contributed by atoms with van der Waals surface area (Å²) < 4.78 is 8.04. The standard InChI is InChI=1S/C17H20N2O/c1-3-4-7-12-19-15-9-6-5-8-14(15)18-17(19)16-11-10-13(2)20-16/h5-6,8-11H,3-4,7,12H2,1-2H3. The van der Waals surface area contributed by atoms with E-state index < -0.39 is 0 Å². The normalized spacial score (nSPS) is 11.3. The van der Waals surface area contributed by atoms with Gasteiger partial charge in [0.25, 0.3) is 0 Å². The van der Waals surface area contributed by atoms with Crippen molar-refractivity contribution in [3.05, 3.63) is 42.2 Å². The fraction of sp³-hybridized carbons (Fsp3) is 0.353. The molecule has 0 aliphatic rings. The van der Waals surface area contributed by atoms with Gasteiger partial charge in [0.05, 0.1) is 11.0 Å². The Morgan fingerprint density at radius 3 is 2.70 bits per heavy atom. The maximum absolute atomic E-state index is 5.76. The van der Waals surface area contributed by atoms with Gasteiger partial charge >= 0.3 is 0 Å². The summed E-state index contributed by atoms with van der Waals surface area (Å²) in [6.45, 7) is 5.18. The van der Waals surface area contributed by atoms with Crippen LogP contribution < -0.4 is 0 Å². The van der Waals surface area contributed by atoms with E-state index in [2.05, 4.69) is 29.7 Å². The summed E-state index contributed by atoms with van der Waals surface area (Å²) in [7, 11) is 0. The molecule has 0 aliphatic carbocycles. The maximum Gasteiger partial charge on any atom is 0.177 e. The lowest BCUT2D eigenvalue weighted by Crippen LogP contribution is -2.00. The summed E-state index contributed by atoms with van der Waals surface area (Å²) in [4.78, 5) is 4.74. The van der Waals surface area contributed by atoms with Crippen LogP contribution in [-0.2, 0) is 6.54 Å². The SMILES string of the molecule is CCCCCn1c(-c2ccc(C)o2)nc2ccccc21. The molecule has 3 nitrogen and oxygen atoms in total. The second-order valence-corrected chi connectivity index (χ2v) is 5.19. The van der Waals surface area contributed by atoms with Gasteiger partial charge in [-0.25, -0.2) is 4.98 Å². The first kappa shape index (κ1) is 13.0. The lowest BCUT2D eigenvalue weighted by atomic mass is 10.2. The molecule has 3 heteroatoms. The molecule has 1 aromatic carbocycles. The molecule has 3 aromatic rings. The number of aromatic nitrogens is 2. The average Bonchev–Trinajstić information content (AvgIpc) is 3.03. The van der Waals surface area contributed by atoms with Crippen molar-refractivity contribution >= 4 is 11.0 Å². The van der Waals surface area contributed by atoms with Crippen LogP contribution in [0, 0.1) is 6.92 Å². The molecule has 0 saturated carbocycles. The molecular formula is C17H20N2O. The minimum Gasteiger partial charge on any atom is -0.458 e. The minimum absolute atomic E-state index is 0.857. The van der Waals surface area contributed by atoms with Crippen LogP contribution in [0.2, 0.25) is 0 Å². The maximum atomic E-state index is 5.76. The summed E-state index contributed by atoms with van der Waals surface area (Å²) in [5.74, 6) is 2.72. The number of benzene rings is 1. The van der Waals surface area contributed by atoms with Crippen molar-refractivity contribution in [2.24, 2.45) is 0 Å². The Bertz CT molecular complexity index is 709. The summed E-state index contributed by atoms with van der Waals surface area (Å²) in [5.41, 5.74) is 2.22. The smallest absolute Gasteiger partial charge is 0.177 e. The van der Waals surface area contributed by atoms with Gasteiger partial charge in [-0.2, -0.15) is 0 Å². The van der Waals surface area contributed by atoms with E-state index in [0.717, 1.165) is 29.4 Å². The molecule has 0 N–H and O–H groups in total. The second-order valence-electron chi connectivity index (χ2n) is 5.19. The molecule has 0 amide bonds. The van der Waals surface area contributed by atoms with Crippen LogP contribution >= 0.6 is 0 Å². The molecule has 3 rings (SSSR count). The number of para-hydroxylation sites is 2. The fourth-order valence-corrected chi connectivity index (χ4v) is 2.56. The van der Waals surface area contributed by atoms with Crippen molar-refractivity contribution in [3.63, 3.8) is 0 Å². The number of rotatable bonds is 5. The van der Waals surface area contributed by atoms with E-state index >= 15 is 0 Å². The third kappa shape index (κ3) is 2.36. The van der Waals surface area contributed by atoms with Crippen LogP contribution in [0.1, 0.15) is 31.9 Å². The average molecular weight is 268 g/mol. The Morgan fingerprint density at radius 2 is 1.95 bits per heavy atom. The quantitative estimate of drug-likeness (QED) is 0.623. The van der Waals surface area contributed by atoms with E-state index in [1.54, 1.807) is 0 Å². The highest BCUT2D eigenvalue weighted by Gasteiger charge is 2.14. The van der Waals surface area contributed by atoms with E-state index in [4.69, 9.17) is 9.40 Å².